The summed E-state index contributed by atoms with van der Waals surface area (Å²) >= 11 is 0. The van der Waals surface area contributed by atoms with Crippen LogP contribution in [0.2, 0.25) is 0 Å². The number of nitrogens with zero attached hydrogens (tertiary/aromatic N) is 4. The molecule has 3 heterocycles. The molecule has 0 bridgehead atoms. The summed E-state index contributed by atoms with van der Waals surface area (Å²) in [5.41, 5.74) is 4.27. The van der Waals surface area contributed by atoms with Crippen LogP contribution in [-0.2, 0) is 17.8 Å². The molecule has 29 heavy (non-hydrogen) atoms. The fourth-order valence-electron chi connectivity index (χ4n) is 4.43. The summed E-state index contributed by atoms with van der Waals surface area (Å²) < 4.78 is 13.7. The average Bonchev–Trinajstić information content (AvgIpc) is 3.21. The molecule has 3 aromatic rings. The van der Waals surface area contributed by atoms with Crippen molar-refractivity contribution in [1.82, 2.24) is 20.0 Å². The molecule has 5 rings (SSSR count). The SMILES string of the molecule is C[C@@H](Oc1ccc2ncc3c(c2c1)CCOC3)c1cn(C2CC(C)(CO)C2)nn1. The van der Waals surface area contributed by atoms with E-state index >= 15 is 0 Å². The summed E-state index contributed by atoms with van der Waals surface area (Å²) in [5.74, 6) is 0.803. The van der Waals surface area contributed by atoms with Gasteiger partial charge < -0.3 is 14.6 Å². The number of aliphatic hydroxyl groups is 1. The van der Waals surface area contributed by atoms with Gasteiger partial charge in [0.25, 0.3) is 0 Å². The predicted octanol–water partition coefficient (Wildman–Crippen LogP) is 3.37. The first kappa shape index (κ1) is 18.5. The van der Waals surface area contributed by atoms with Crippen LogP contribution in [0.1, 0.15) is 55.7 Å². The van der Waals surface area contributed by atoms with E-state index < -0.39 is 0 Å². The van der Waals surface area contributed by atoms with Crippen LogP contribution in [0.5, 0.6) is 5.75 Å². The molecule has 1 aliphatic heterocycles. The summed E-state index contributed by atoms with van der Waals surface area (Å²) in [5, 5.41) is 19.2. The van der Waals surface area contributed by atoms with E-state index in [-0.39, 0.29) is 18.1 Å². The molecule has 2 aliphatic rings. The normalized spacial score (nSPS) is 24.7. The number of fused-ring (bicyclic) bond motifs is 3. The molecule has 1 aliphatic carbocycles. The molecule has 1 N–H and O–H groups in total. The third-order valence-corrected chi connectivity index (χ3v) is 6.26. The minimum Gasteiger partial charge on any atom is -0.484 e. The van der Waals surface area contributed by atoms with E-state index in [2.05, 4.69) is 28.3 Å². The van der Waals surface area contributed by atoms with Crippen molar-refractivity contribution in [2.75, 3.05) is 13.2 Å². The van der Waals surface area contributed by atoms with Crippen molar-refractivity contribution in [3.8, 4) is 5.75 Å². The van der Waals surface area contributed by atoms with Crippen LogP contribution in [0.15, 0.2) is 30.6 Å². The maximum Gasteiger partial charge on any atom is 0.141 e. The van der Waals surface area contributed by atoms with Gasteiger partial charge in [-0.05, 0) is 60.9 Å². The van der Waals surface area contributed by atoms with Crippen molar-refractivity contribution >= 4 is 10.9 Å². The number of ether oxygens (including phenoxy) is 2. The van der Waals surface area contributed by atoms with Crippen LogP contribution in [0, 0.1) is 5.41 Å². The summed E-state index contributed by atoms with van der Waals surface area (Å²) in [6, 6.07) is 6.35. The molecule has 0 spiro atoms. The third kappa shape index (κ3) is 3.38. The molecule has 1 aromatic carbocycles. The number of hydrogen-bond donors (Lipinski definition) is 1. The van der Waals surface area contributed by atoms with Crippen LogP contribution in [0.25, 0.3) is 10.9 Å². The van der Waals surface area contributed by atoms with Gasteiger partial charge in [0.15, 0.2) is 0 Å². The molecule has 2 aromatic heterocycles. The largest absolute Gasteiger partial charge is 0.484 e. The highest BCUT2D eigenvalue weighted by molar-refractivity contribution is 5.84. The Morgan fingerprint density at radius 2 is 2.24 bits per heavy atom. The standard InChI is InChI=1S/C22H26N4O3/c1-14(21-11-26(25-24-21)16-8-22(2,9-16)13-27)29-17-3-4-20-19(7-17)18-5-6-28-12-15(18)10-23-20/h3-4,7,10-11,14,16,27H,5-6,8-9,12-13H2,1-2H3/t14-,16?,22?/m1/s1. The first-order valence-electron chi connectivity index (χ1n) is 10.2. The summed E-state index contributed by atoms with van der Waals surface area (Å²) in [7, 11) is 0. The number of aromatic nitrogens is 4. The van der Waals surface area contributed by atoms with Crippen LogP contribution in [0.4, 0.5) is 0 Å². The lowest BCUT2D eigenvalue weighted by Crippen LogP contribution is -2.39. The zero-order valence-electron chi connectivity index (χ0n) is 16.8. The summed E-state index contributed by atoms with van der Waals surface area (Å²) in [6.07, 6.45) is 6.42. The predicted molar refractivity (Wildman–Crippen MR) is 108 cm³/mol. The maximum absolute atomic E-state index is 9.44. The smallest absolute Gasteiger partial charge is 0.141 e. The van der Waals surface area contributed by atoms with E-state index in [1.165, 1.54) is 5.56 Å². The van der Waals surface area contributed by atoms with E-state index in [9.17, 15) is 5.11 Å². The number of aliphatic hydroxyl groups excluding tert-OH is 1. The third-order valence-electron chi connectivity index (χ3n) is 6.26. The lowest BCUT2D eigenvalue weighted by Gasteiger charge is -2.43. The number of pyridine rings is 1. The van der Waals surface area contributed by atoms with E-state index in [0.29, 0.717) is 12.6 Å². The van der Waals surface area contributed by atoms with Crippen molar-refractivity contribution in [2.45, 2.75) is 51.9 Å². The molecule has 1 atom stereocenters. The van der Waals surface area contributed by atoms with Gasteiger partial charge in [0.05, 0.1) is 31.0 Å². The van der Waals surface area contributed by atoms with Crippen molar-refractivity contribution < 1.29 is 14.6 Å². The Kier molecular flexibility index (Phi) is 4.52. The van der Waals surface area contributed by atoms with Gasteiger partial charge in [-0.15, -0.1) is 5.10 Å². The monoisotopic (exact) mass is 394 g/mol. The van der Waals surface area contributed by atoms with E-state index in [0.717, 1.165) is 53.8 Å². The van der Waals surface area contributed by atoms with Gasteiger partial charge in [-0.3, -0.25) is 4.98 Å². The van der Waals surface area contributed by atoms with Gasteiger partial charge in [-0.1, -0.05) is 12.1 Å². The van der Waals surface area contributed by atoms with E-state index in [1.54, 1.807) is 0 Å². The second-order valence-electron chi connectivity index (χ2n) is 8.66. The Labute approximate surface area is 169 Å². The second-order valence-corrected chi connectivity index (χ2v) is 8.66. The fraction of sp³-hybridized carbons (Fsp3) is 0.500. The molecular weight excluding hydrogens is 368 g/mol. The van der Waals surface area contributed by atoms with Crippen molar-refractivity contribution in [2.24, 2.45) is 5.41 Å². The molecule has 0 radical (unpaired) electrons. The first-order chi connectivity index (χ1) is 14.0. The lowest BCUT2D eigenvalue weighted by atomic mass is 9.67. The Morgan fingerprint density at radius 3 is 3.07 bits per heavy atom. The van der Waals surface area contributed by atoms with Crippen molar-refractivity contribution in [3.63, 3.8) is 0 Å². The van der Waals surface area contributed by atoms with Crippen molar-refractivity contribution in [1.29, 1.82) is 0 Å². The maximum atomic E-state index is 9.44. The number of hydrogen-bond acceptors (Lipinski definition) is 6. The zero-order valence-corrected chi connectivity index (χ0v) is 16.8. The molecule has 0 unspecified atom stereocenters. The fourth-order valence-corrected chi connectivity index (χ4v) is 4.43. The minimum atomic E-state index is -0.207. The number of benzene rings is 1. The molecule has 0 amide bonds. The Bertz CT molecular complexity index is 1040. The van der Waals surface area contributed by atoms with E-state index in [4.69, 9.17) is 9.47 Å². The quantitative estimate of drug-likeness (QED) is 0.714. The molecule has 152 valence electrons. The Hall–Kier alpha value is -2.51. The summed E-state index contributed by atoms with van der Waals surface area (Å²) in [4.78, 5) is 4.55. The van der Waals surface area contributed by atoms with E-state index in [1.807, 2.05) is 36.1 Å². The topological polar surface area (TPSA) is 82.3 Å². The highest BCUT2D eigenvalue weighted by Gasteiger charge is 2.41. The highest BCUT2D eigenvalue weighted by atomic mass is 16.5. The zero-order chi connectivity index (χ0) is 20.0. The van der Waals surface area contributed by atoms with Gasteiger partial charge >= 0.3 is 0 Å². The molecule has 1 saturated carbocycles. The van der Waals surface area contributed by atoms with Crippen LogP contribution < -0.4 is 4.74 Å². The highest BCUT2D eigenvalue weighted by Crippen LogP contribution is 2.47. The number of rotatable bonds is 5. The van der Waals surface area contributed by atoms with Gasteiger partial charge in [0.2, 0.25) is 0 Å². The van der Waals surface area contributed by atoms with Crippen LogP contribution in [-0.4, -0.2) is 38.3 Å². The Balaban J connectivity index is 1.33. The Morgan fingerprint density at radius 1 is 1.38 bits per heavy atom. The minimum absolute atomic E-state index is 0.0161. The molecule has 0 saturated heterocycles. The van der Waals surface area contributed by atoms with Gasteiger partial charge in [-0.2, -0.15) is 0 Å². The van der Waals surface area contributed by atoms with Crippen LogP contribution >= 0.6 is 0 Å². The van der Waals surface area contributed by atoms with Gasteiger partial charge in [-0.25, -0.2) is 4.68 Å². The molecule has 1 fully saturated rings. The molecule has 7 nitrogen and oxygen atoms in total. The lowest BCUT2D eigenvalue weighted by molar-refractivity contribution is 0.0122. The molecule has 7 heteroatoms. The first-order valence-corrected chi connectivity index (χ1v) is 10.2. The van der Waals surface area contributed by atoms with Gasteiger partial charge in [0, 0.05) is 18.2 Å². The van der Waals surface area contributed by atoms with Gasteiger partial charge in [0.1, 0.15) is 17.5 Å². The molecular formula is C22H26N4O3. The van der Waals surface area contributed by atoms with Crippen molar-refractivity contribution in [3.05, 3.63) is 47.4 Å². The second kappa shape index (κ2) is 7.07. The van der Waals surface area contributed by atoms with Crippen LogP contribution in [0.3, 0.4) is 0 Å². The summed E-state index contributed by atoms with van der Waals surface area (Å²) in [6.45, 7) is 5.68. The average molecular weight is 394 g/mol.